The van der Waals surface area contributed by atoms with Gasteiger partial charge in [0.15, 0.2) is 0 Å². The van der Waals surface area contributed by atoms with E-state index in [-0.39, 0.29) is 5.41 Å². The lowest BCUT2D eigenvalue weighted by atomic mass is 9.98. The fourth-order valence-corrected chi connectivity index (χ4v) is 2.14. The molecule has 0 aromatic heterocycles. The van der Waals surface area contributed by atoms with Crippen molar-refractivity contribution in [1.29, 1.82) is 0 Å². The third-order valence-corrected chi connectivity index (χ3v) is 4.83. The second kappa shape index (κ2) is 6.64. The van der Waals surface area contributed by atoms with Crippen LogP contribution in [0.3, 0.4) is 0 Å². The van der Waals surface area contributed by atoms with Gasteiger partial charge < -0.3 is 4.74 Å². The average molecular weight is 354 g/mol. The minimum Gasteiger partial charge on any atom is -0.491 e. The minimum absolute atomic E-state index is 0.0848. The van der Waals surface area contributed by atoms with Crippen molar-refractivity contribution < 1.29 is 4.74 Å². The van der Waals surface area contributed by atoms with Gasteiger partial charge in [-0.1, -0.05) is 77.8 Å². The summed E-state index contributed by atoms with van der Waals surface area (Å²) in [4.78, 5) is 0. The largest absolute Gasteiger partial charge is 0.491 e. The van der Waals surface area contributed by atoms with Gasteiger partial charge in [0, 0.05) is 10.7 Å². The van der Waals surface area contributed by atoms with Crippen LogP contribution < -0.4 is 4.74 Å². The first kappa shape index (κ1) is 15.4. The molecule has 0 amide bonds. The van der Waals surface area contributed by atoms with Crippen molar-refractivity contribution in [2.75, 3.05) is 11.9 Å². The molecular weight excluding hydrogens is 336 g/mol. The molecule has 0 atom stereocenters. The Bertz CT molecular complexity index is 566. The highest BCUT2D eigenvalue weighted by Crippen LogP contribution is 2.31. The number of benzene rings is 2. The van der Waals surface area contributed by atoms with Crippen molar-refractivity contribution in [2.24, 2.45) is 5.41 Å². The second-order valence-corrected chi connectivity index (χ2v) is 6.57. The Morgan fingerprint density at radius 3 is 2.35 bits per heavy atom. The lowest BCUT2D eigenvalue weighted by Gasteiger charge is -2.22. The van der Waals surface area contributed by atoms with Crippen LogP contribution in [0, 0.1) is 5.41 Å². The summed E-state index contributed by atoms with van der Waals surface area (Å²) in [6.07, 6.45) is 0. The number of ether oxygens (including phenoxy) is 1. The SMILES string of the molecule is CC(C)(CBr)COc1ccc(-c2ccccc2)cc1Cl. The first-order valence-corrected chi connectivity index (χ1v) is 8.05. The molecular formula is C17H18BrClO. The van der Waals surface area contributed by atoms with Gasteiger partial charge in [-0.3, -0.25) is 0 Å². The quantitative estimate of drug-likeness (QED) is 0.617. The standard InChI is InChI=1S/C17H18BrClO/c1-17(2,11-18)12-20-16-9-8-14(10-15(16)19)13-6-4-3-5-7-13/h3-10H,11-12H2,1-2H3. The molecule has 3 heteroatoms. The zero-order chi connectivity index (χ0) is 14.6. The smallest absolute Gasteiger partial charge is 0.137 e. The molecule has 0 saturated carbocycles. The molecule has 1 nitrogen and oxygen atoms in total. The van der Waals surface area contributed by atoms with Crippen molar-refractivity contribution in [1.82, 2.24) is 0 Å². The van der Waals surface area contributed by atoms with E-state index in [4.69, 9.17) is 16.3 Å². The Balaban J connectivity index is 2.15. The van der Waals surface area contributed by atoms with Gasteiger partial charge in [0.2, 0.25) is 0 Å². The molecule has 0 heterocycles. The summed E-state index contributed by atoms with van der Waals surface area (Å²) >= 11 is 9.81. The number of halogens is 2. The number of alkyl halides is 1. The van der Waals surface area contributed by atoms with E-state index in [2.05, 4.69) is 41.9 Å². The molecule has 0 aliphatic carbocycles. The third-order valence-electron chi connectivity index (χ3n) is 3.02. The maximum Gasteiger partial charge on any atom is 0.137 e. The monoisotopic (exact) mass is 352 g/mol. The predicted molar refractivity (Wildman–Crippen MR) is 90.0 cm³/mol. The van der Waals surface area contributed by atoms with E-state index in [1.807, 2.05) is 36.4 Å². The zero-order valence-electron chi connectivity index (χ0n) is 11.7. The molecule has 0 N–H and O–H groups in total. The van der Waals surface area contributed by atoms with Gasteiger partial charge in [0.25, 0.3) is 0 Å². The van der Waals surface area contributed by atoms with Gasteiger partial charge in [0.1, 0.15) is 5.75 Å². The average Bonchev–Trinajstić information content (AvgIpc) is 2.47. The fourth-order valence-electron chi connectivity index (χ4n) is 1.74. The lowest BCUT2D eigenvalue weighted by molar-refractivity contribution is 0.203. The van der Waals surface area contributed by atoms with Crippen molar-refractivity contribution in [3.05, 3.63) is 53.6 Å². The molecule has 2 aromatic carbocycles. The van der Waals surface area contributed by atoms with Crippen LogP contribution in [0.15, 0.2) is 48.5 Å². The second-order valence-electron chi connectivity index (χ2n) is 5.60. The van der Waals surface area contributed by atoms with Gasteiger partial charge in [-0.25, -0.2) is 0 Å². The fraction of sp³-hybridized carbons (Fsp3) is 0.294. The lowest BCUT2D eigenvalue weighted by Crippen LogP contribution is -2.22. The molecule has 0 bridgehead atoms. The summed E-state index contributed by atoms with van der Waals surface area (Å²) in [7, 11) is 0. The van der Waals surface area contributed by atoms with Gasteiger partial charge >= 0.3 is 0 Å². The summed E-state index contributed by atoms with van der Waals surface area (Å²) in [5.41, 5.74) is 2.34. The summed E-state index contributed by atoms with van der Waals surface area (Å²) in [6.45, 7) is 4.92. The van der Waals surface area contributed by atoms with E-state index >= 15 is 0 Å². The van der Waals surface area contributed by atoms with E-state index < -0.39 is 0 Å². The van der Waals surface area contributed by atoms with Crippen LogP contribution in [-0.4, -0.2) is 11.9 Å². The first-order valence-electron chi connectivity index (χ1n) is 6.55. The molecule has 0 fully saturated rings. The Hall–Kier alpha value is -0.990. The highest BCUT2D eigenvalue weighted by atomic mass is 79.9. The van der Waals surface area contributed by atoms with Crippen LogP contribution in [0.25, 0.3) is 11.1 Å². The molecule has 106 valence electrons. The van der Waals surface area contributed by atoms with Crippen LogP contribution in [-0.2, 0) is 0 Å². The highest BCUT2D eigenvalue weighted by molar-refractivity contribution is 9.09. The molecule has 0 spiro atoms. The molecule has 0 unspecified atom stereocenters. The highest BCUT2D eigenvalue weighted by Gasteiger charge is 2.17. The summed E-state index contributed by atoms with van der Waals surface area (Å²) in [5, 5.41) is 1.54. The van der Waals surface area contributed by atoms with Crippen LogP contribution in [0.4, 0.5) is 0 Å². The molecule has 2 rings (SSSR count). The van der Waals surface area contributed by atoms with Gasteiger partial charge in [-0.2, -0.15) is 0 Å². The van der Waals surface area contributed by atoms with Gasteiger partial charge in [0.05, 0.1) is 11.6 Å². The van der Waals surface area contributed by atoms with Crippen LogP contribution >= 0.6 is 27.5 Å². The van der Waals surface area contributed by atoms with Crippen LogP contribution in [0.2, 0.25) is 5.02 Å². The Morgan fingerprint density at radius 1 is 1.05 bits per heavy atom. The Labute approximate surface area is 134 Å². The third kappa shape index (κ3) is 4.00. The number of hydrogen-bond acceptors (Lipinski definition) is 1. The van der Waals surface area contributed by atoms with Gasteiger partial charge in [-0.15, -0.1) is 0 Å². The van der Waals surface area contributed by atoms with Crippen LogP contribution in [0.1, 0.15) is 13.8 Å². The topological polar surface area (TPSA) is 9.23 Å². The zero-order valence-corrected chi connectivity index (χ0v) is 14.0. The van der Waals surface area contributed by atoms with Crippen molar-refractivity contribution in [3.8, 4) is 16.9 Å². The van der Waals surface area contributed by atoms with E-state index in [1.54, 1.807) is 0 Å². The summed E-state index contributed by atoms with van der Waals surface area (Å²) in [5.74, 6) is 0.736. The Morgan fingerprint density at radius 2 is 1.75 bits per heavy atom. The van der Waals surface area contributed by atoms with Crippen molar-refractivity contribution in [3.63, 3.8) is 0 Å². The summed E-state index contributed by atoms with van der Waals surface area (Å²) in [6, 6.07) is 16.1. The van der Waals surface area contributed by atoms with E-state index in [1.165, 1.54) is 0 Å². The van der Waals surface area contributed by atoms with Crippen molar-refractivity contribution >= 4 is 27.5 Å². The number of rotatable bonds is 5. The molecule has 0 aliphatic heterocycles. The Kier molecular flexibility index (Phi) is 5.11. The van der Waals surface area contributed by atoms with Crippen LogP contribution in [0.5, 0.6) is 5.75 Å². The van der Waals surface area contributed by atoms with E-state index in [9.17, 15) is 0 Å². The first-order chi connectivity index (χ1) is 9.52. The molecule has 20 heavy (non-hydrogen) atoms. The minimum atomic E-state index is 0.0848. The number of hydrogen-bond donors (Lipinski definition) is 0. The molecule has 0 radical (unpaired) electrons. The maximum absolute atomic E-state index is 6.31. The molecule has 0 saturated heterocycles. The maximum atomic E-state index is 6.31. The summed E-state index contributed by atoms with van der Waals surface area (Å²) < 4.78 is 5.82. The molecule has 2 aromatic rings. The predicted octanol–water partition coefficient (Wildman–Crippen LogP) is 5.81. The normalized spacial score (nSPS) is 11.4. The van der Waals surface area contributed by atoms with Crippen molar-refractivity contribution in [2.45, 2.75) is 13.8 Å². The van der Waals surface area contributed by atoms with E-state index in [0.29, 0.717) is 11.6 Å². The van der Waals surface area contributed by atoms with E-state index in [0.717, 1.165) is 22.2 Å². The molecule has 0 aliphatic rings. The van der Waals surface area contributed by atoms with Gasteiger partial charge in [-0.05, 0) is 23.3 Å².